The number of hydrogen-bond donors (Lipinski definition) is 2. The molecule has 1 fully saturated rings. The lowest BCUT2D eigenvalue weighted by molar-refractivity contribution is -0.0225. The average Bonchev–Trinajstić information content (AvgIpc) is 2.30. The van der Waals surface area contributed by atoms with Gasteiger partial charge in [0.1, 0.15) is 0 Å². The third-order valence-corrected chi connectivity index (χ3v) is 4.06. The van der Waals surface area contributed by atoms with Crippen LogP contribution in [-0.2, 0) is 4.74 Å². The molecule has 1 rings (SSSR count). The zero-order chi connectivity index (χ0) is 12.9. The van der Waals surface area contributed by atoms with Crippen molar-refractivity contribution in [3.8, 4) is 0 Å². The standard InChI is InChI=1S/C14H29NO2/c1-11(2)17-9-13(16)8-14(10-15)6-4-12(3)5-7-14/h11-13,16H,4-10,15H2,1-3H3. The van der Waals surface area contributed by atoms with Crippen molar-refractivity contribution in [2.75, 3.05) is 13.2 Å². The Morgan fingerprint density at radius 1 is 1.35 bits per heavy atom. The van der Waals surface area contributed by atoms with Crippen LogP contribution in [0.5, 0.6) is 0 Å². The molecule has 1 unspecified atom stereocenters. The minimum atomic E-state index is -0.366. The molecular weight excluding hydrogens is 214 g/mol. The van der Waals surface area contributed by atoms with Gasteiger partial charge in [0.15, 0.2) is 0 Å². The van der Waals surface area contributed by atoms with Crippen LogP contribution in [0.3, 0.4) is 0 Å². The fraction of sp³-hybridized carbons (Fsp3) is 1.00. The highest BCUT2D eigenvalue weighted by molar-refractivity contribution is 4.87. The van der Waals surface area contributed by atoms with Gasteiger partial charge >= 0.3 is 0 Å². The fourth-order valence-electron chi connectivity index (χ4n) is 2.73. The third-order valence-electron chi connectivity index (χ3n) is 4.06. The third kappa shape index (κ3) is 4.94. The second kappa shape index (κ2) is 6.72. The molecule has 0 radical (unpaired) electrons. The van der Waals surface area contributed by atoms with Gasteiger partial charge in [-0.2, -0.15) is 0 Å². The van der Waals surface area contributed by atoms with Crippen LogP contribution >= 0.6 is 0 Å². The molecule has 3 nitrogen and oxygen atoms in total. The number of rotatable bonds is 6. The van der Waals surface area contributed by atoms with Crippen LogP contribution in [0.15, 0.2) is 0 Å². The molecule has 0 aromatic carbocycles. The monoisotopic (exact) mass is 243 g/mol. The highest BCUT2D eigenvalue weighted by atomic mass is 16.5. The predicted molar refractivity (Wildman–Crippen MR) is 70.8 cm³/mol. The number of ether oxygens (including phenoxy) is 1. The minimum Gasteiger partial charge on any atom is -0.391 e. The topological polar surface area (TPSA) is 55.5 Å². The summed E-state index contributed by atoms with van der Waals surface area (Å²) in [5.41, 5.74) is 6.09. The summed E-state index contributed by atoms with van der Waals surface area (Å²) in [4.78, 5) is 0. The summed E-state index contributed by atoms with van der Waals surface area (Å²) < 4.78 is 5.46. The van der Waals surface area contributed by atoms with E-state index in [0.717, 1.165) is 25.2 Å². The van der Waals surface area contributed by atoms with E-state index in [2.05, 4.69) is 6.92 Å². The molecule has 0 aliphatic heterocycles. The Balaban J connectivity index is 2.40. The van der Waals surface area contributed by atoms with Gasteiger partial charge < -0.3 is 15.6 Å². The van der Waals surface area contributed by atoms with Gasteiger partial charge in [-0.05, 0) is 51.0 Å². The van der Waals surface area contributed by atoms with Crippen molar-refractivity contribution in [2.45, 2.75) is 65.1 Å². The van der Waals surface area contributed by atoms with Gasteiger partial charge in [0.2, 0.25) is 0 Å². The van der Waals surface area contributed by atoms with Gasteiger partial charge in [-0.15, -0.1) is 0 Å². The first-order valence-electron chi connectivity index (χ1n) is 6.97. The number of hydrogen-bond acceptors (Lipinski definition) is 3. The van der Waals surface area contributed by atoms with Crippen molar-refractivity contribution in [2.24, 2.45) is 17.1 Å². The normalized spacial score (nSPS) is 31.8. The molecular formula is C14H29NO2. The van der Waals surface area contributed by atoms with Crippen LogP contribution in [0, 0.1) is 11.3 Å². The lowest BCUT2D eigenvalue weighted by Gasteiger charge is -2.40. The summed E-state index contributed by atoms with van der Waals surface area (Å²) in [6.45, 7) is 7.42. The van der Waals surface area contributed by atoms with Crippen LogP contribution in [0.2, 0.25) is 0 Å². The second-order valence-electron chi connectivity index (χ2n) is 6.13. The van der Waals surface area contributed by atoms with E-state index in [9.17, 15) is 5.11 Å². The summed E-state index contributed by atoms with van der Waals surface area (Å²) in [6, 6.07) is 0. The molecule has 0 bridgehead atoms. The van der Waals surface area contributed by atoms with Crippen LogP contribution in [0.25, 0.3) is 0 Å². The maximum absolute atomic E-state index is 10.0. The van der Waals surface area contributed by atoms with Crippen LogP contribution in [0.1, 0.15) is 52.9 Å². The molecule has 0 heterocycles. The molecule has 0 saturated heterocycles. The SMILES string of the molecule is CC1CCC(CN)(CC(O)COC(C)C)CC1. The van der Waals surface area contributed by atoms with Gasteiger partial charge in [-0.3, -0.25) is 0 Å². The molecule has 1 atom stereocenters. The van der Waals surface area contributed by atoms with Crippen molar-refractivity contribution >= 4 is 0 Å². The Labute approximate surface area is 106 Å². The first-order chi connectivity index (χ1) is 7.97. The van der Waals surface area contributed by atoms with E-state index in [1.807, 2.05) is 13.8 Å². The maximum Gasteiger partial charge on any atom is 0.0779 e. The second-order valence-corrected chi connectivity index (χ2v) is 6.13. The van der Waals surface area contributed by atoms with Gasteiger partial charge in [-0.25, -0.2) is 0 Å². The van der Waals surface area contributed by atoms with E-state index >= 15 is 0 Å². The molecule has 0 aromatic heterocycles. The number of aliphatic hydroxyl groups is 1. The van der Waals surface area contributed by atoms with Crippen LogP contribution < -0.4 is 5.73 Å². The lowest BCUT2D eigenvalue weighted by Crippen LogP contribution is -2.38. The van der Waals surface area contributed by atoms with Crippen LogP contribution in [0.4, 0.5) is 0 Å². The van der Waals surface area contributed by atoms with Gasteiger partial charge in [0.25, 0.3) is 0 Å². The molecule has 1 saturated carbocycles. The maximum atomic E-state index is 10.0. The molecule has 0 spiro atoms. The summed E-state index contributed by atoms with van der Waals surface area (Å²) in [5, 5.41) is 10.0. The Morgan fingerprint density at radius 3 is 2.41 bits per heavy atom. The summed E-state index contributed by atoms with van der Waals surface area (Å²) in [7, 11) is 0. The Hall–Kier alpha value is -0.120. The lowest BCUT2D eigenvalue weighted by atomic mass is 9.68. The van der Waals surface area contributed by atoms with Crippen LogP contribution in [-0.4, -0.2) is 30.5 Å². The van der Waals surface area contributed by atoms with E-state index in [1.165, 1.54) is 12.8 Å². The highest BCUT2D eigenvalue weighted by Gasteiger charge is 2.34. The number of aliphatic hydroxyl groups excluding tert-OH is 1. The first kappa shape index (κ1) is 14.9. The molecule has 102 valence electrons. The smallest absolute Gasteiger partial charge is 0.0779 e. The Morgan fingerprint density at radius 2 is 1.94 bits per heavy atom. The summed E-state index contributed by atoms with van der Waals surface area (Å²) in [5.74, 6) is 0.818. The van der Waals surface area contributed by atoms with Crippen molar-refractivity contribution in [3.05, 3.63) is 0 Å². The summed E-state index contributed by atoms with van der Waals surface area (Å²) >= 11 is 0. The van der Waals surface area contributed by atoms with E-state index in [4.69, 9.17) is 10.5 Å². The first-order valence-corrected chi connectivity index (χ1v) is 6.97. The Kier molecular flexibility index (Phi) is 5.90. The average molecular weight is 243 g/mol. The van der Waals surface area contributed by atoms with E-state index in [0.29, 0.717) is 13.2 Å². The molecule has 0 aromatic rings. The molecule has 3 heteroatoms. The van der Waals surface area contributed by atoms with Gasteiger partial charge in [0, 0.05) is 0 Å². The fourth-order valence-corrected chi connectivity index (χ4v) is 2.73. The molecule has 3 N–H and O–H groups in total. The Bertz CT molecular complexity index is 210. The largest absolute Gasteiger partial charge is 0.391 e. The number of nitrogens with two attached hydrogens (primary N) is 1. The molecule has 1 aliphatic carbocycles. The van der Waals surface area contributed by atoms with Gasteiger partial charge in [0.05, 0.1) is 18.8 Å². The quantitative estimate of drug-likeness (QED) is 0.752. The molecule has 17 heavy (non-hydrogen) atoms. The molecule has 1 aliphatic rings. The van der Waals surface area contributed by atoms with E-state index in [1.54, 1.807) is 0 Å². The van der Waals surface area contributed by atoms with Crippen molar-refractivity contribution in [1.29, 1.82) is 0 Å². The van der Waals surface area contributed by atoms with Crippen molar-refractivity contribution in [3.63, 3.8) is 0 Å². The van der Waals surface area contributed by atoms with E-state index < -0.39 is 0 Å². The molecule has 0 amide bonds. The van der Waals surface area contributed by atoms with Crippen molar-refractivity contribution < 1.29 is 9.84 Å². The minimum absolute atomic E-state index is 0.159. The zero-order valence-electron chi connectivity index (χ0n) is 11.6. The van der Waals surface area contributed by atoms with E-state index in [-0.39, 0.29) is 17.6 Å². The highest BCUT2D eigenvalue weighted by Crippen LogP contribution is 2.41. The predicted octanol–water partition coefficient (Wildman–Crippen LogP) is 2.32. The zero-order valence-corrected chi connectivity index (χ0v) is 11.6. The van der Waals surface area contributed by atoms with Crippen molar-refractivity contribution in [1.82, 2.24) is 0 Å². The summed E-state index contributed by atoms with van der Waals surface area (Å²) in [6.07, 6.45) is 5.42. The van der Waals surface area contributed by atoms with Gasteiger partial charge in [-0.1, -0.05) is 19.8 Å².